The third-order valence-corrected chi connectivity index (χ3v) is 4.00. The molecular weight excluding hydrogens is 242 g/mol. The van der Waals surface area contributed by atoms with Crippen LogP contribution in [0.25, 0.3) is 0 Å². The van der Waals surface area contributed by atoms with Gasteiger partial charge in [-0.15, -0.1) is 0 Å². The number of fused-ring (bicyclic) bond motifs is 1. The van der Waals surface area contributed by atoms with Gasteiger partial charge in [0.2, 0.25) is 0 Å². The Kier molecular flexibility index (Phi) is 3.00. The molecule has 0 radical (unpaired) electrons. The highest BCUT2D eigenvalue weighted by molar-refractivity contribution is 6.31. The van der Waals surface area contributed by atoms with Gasteiger partial charge in [-0.2, -0.15) is 0 Å². The van der Waals surface area contributed by atoms with Gasteiger partial charge in [0.15, 0.2) is 0 Å². The van der Waals surface area contributed by atoms with Crippen LogP contribution in [0, 0.1) is 6.92 Å². The third kappa shape index (κ3) is 2.23. The number of hydrogen-bond acceptors (Lipinski definition) is 1. The molecule has 92 valence electrons. The topological polar surface area (TPSA) is 12.0 Å². The molecule has 1 nitrogen and oxygen atoms in total. The first-order valence-electron chi connectivity index (χ1n) is 6.32. The molecule has 2 aromatic rings. The zero-order valence-corrected chi connectivity index (χ0v) is 11.2. The standard InChI is InChI=1S/C16H16ClN/c1-11-6-7-14(10-16(11)17)18-15-8-12-4-2-3-5-13(12)9-15/h2-7,10,15,18H,8-9H2,1H3. The molecule has 0 saturated heterocycles. The third-order valence-electron chi connectivity index (χ3n) is 3.59. The Morgan fingerprint density at radius 2 is 1.72 bits per heavy atom. The summed E-state index contributed by atoms with van der Waals surface area (Å²) in [5, 5.41) is 4.40. The molecule has 2 aromatic carbocycles. The van der Waals surface area contributed by atoms with Gasteiger partial charge in [0.25, 0.3) is 0 Å². The first-order chi connectivity index (χ1) is 8.72. The first-order valence-corrected chi connectivity index (χ1v) is 6.69. The summed E-state index contributed by atoms with van der Waals surface area (Å²) in [7, 11) is 0. The zero-order valence-electron chi connectivity index (χ0n) is 10.4. The van der Waals surface area contributed by atoms with Crippen molar-refractivity contribution < 1.29 is 0 Å². The molecular formula is C16H16ClN. The number of halogens is 1. The fourth-order valence-electron chi connectivity index (χ4n) is 2.58. The highest BCUT2D eigenvalue weighted by Gasteiger charge is 2.20. The average Bonchev–Trinajstić information content (AvgIpc) is 2.76. The van der Waals surface area contributed by atoms with Crippen molar-refractivity contribution in [1.29, 1.82) is 0 Å². The Balaban J connectivity index is 1.74. The van der Waals surface area contributed by atoms with Crippen LogP contribution < -0.4 is 5.32 Å². The Bertz CT molecular complexity index is 552. The monoisotopic (exact) mass is 257 g/mol. The fraction of sp³-hybridized carbons (Fsp3) is 0.250. The molecule has 0 bridgehead atoms. The molecule has 0 unspecified atom stereocenters. The molecule has 0 atom stereocenters. The van der Waals surface area contributed by atoms with Crippen molar-refractivity contribution in [3.8, 4) is 0 Å². The van der Waals surface area contributed by atoms with Crippen molar-refractivity contribution in [3.05, 3.63) is 64.2 Å². The number of anilines is 1. The van der Waals surface area contributed by atoms with E-state index in [9.17, 15) is 0 Å². The van der Waals surface area contributed by atoms with Crippen molar-refractivity contribution in [2.45, 2.75) is 25.8 Å². The van der Waals surface area contributed by atoms with Crippen LogP contribution in [0.15, 0.2) is 42.5 Å². The molecule has 1 aliphatic rings. The summed E-state index contributed by atoms with van der Waals surface area (Å²) in [5.74, 6) is 0. The Labute approximate surface area is 113 Å². The highest BCUT2D eigenvalue weighted by Crippen LogP contribution is 2.26. The van der Waals surface area contributed by atoms with Crippen molar-refractivity contribution in [2.75, 3.05) is 5.32 Å². The van der Waals surface area contributed by atoms with Gasteiger partial charge in [-0.3, -0.25) is 0 Å². The summed E-state index contributed by atoms with van der Waals surface area (Å²) >= 11 is 6.15. The van der Waals surface area contributed by atoms with Crippen LogP contribution >= 0.6 is 11.6 Å². The summed E-state index contributed by atoms with van der Waals surface area (Å²) in [6.07, 6.45) is 2.20. The van der Waals surface area contributed by atoms with Gasteiger partial charge in [-0.05, 0) is 48.6 Å². The second kappa shape index (κ2) is 4.66. The molecule has 0 aromatic heterocycles. The molecule has 2 heteroatoms. The summed E-state index contributed by atoms with van der Waals surface area (Å²) in [6.45, 7) is 2.03. The van der Waals surface area contributed by atoms with E-state index in [0.717, 1.165) is 29.1 Å². The van der Waals surface area contributed by atoms with Gasteiger partial charge >= 0.3 is 0 Å². The van der Waals surface area contributed by atoms with E-state index in [0.29, 0.717) is 6.04 Å². The van der Waals surface area contributed by atoms with E-state index >= 15 is 0 Å². The minimum Gasteiger partial charge on any atom is -0.382 e. The van der Waals surface area contributed by atoms with Crippen LogP contribution in [-0.4, -0.2) is 6.04 Å². The molecule has 0 aliphatic heterocycles. The lowest BCUT2D eigenvalue weighted by Crippen LogP contribution is -2.19. The molecule has 0 amide bonds. The Morgan fingerprint density at radius 3 is 2.33 bits per heavy atom. The lowest BCUT2D eigenvalue weighted by Gasteiger charge is -2.14. The number of hydrogen-bond donors (Lipinski definition) is 1. The SMILES string of the molecule is Cc1ccc(NC2Cc3ccccc3C2)cc1Cl. The van der Waals surface area contributed by atoms with Gasteiger partial charge < -0.3 is 5.32 Å². The smallest absolute Gasteiger partial charge is 0.0455 e. The Hall–Kier alpha value is -1.47. The quantitative estimate of drug-likeness (QED) is 0.849. The lowest BCUT2D eigenvalue weighted by atomic mass is 10.1. The summed E-state index contributed by atoms with van der Waals surface area (Å²) in [4.78, 5) is 0. The van der Waals surface area contributed by atoms with Gasteiger partial charge in [-0.1, -0.05) is 41.9 Å². The molecule has 0 fully saturated rings. The van der Waals surface area contributed by atoms with Crippen LogP contribution in [0.3, 0.4) is 0 Å². The second-order valence-electron chi connectivity index (χ2n) is 4.98. The molecule has 3 rings (SSSR count). The van der Waals surface area contributed by atoms with E-state index in [4.69, 9.17) is 11.6 Å². The lowest BCUT2D eigenvalue weighted by molar-refractivity contribution is 0.774. The number of benzene rings is 2. The summed E-state index contributed by atoms with van der Waals surface area (Å²) in [5.41, 5.74) is 5.17. The van der Waals surface area contributed by atoms with Crippen molar-refractivity contribution in [2.24, 2.45) is 0 Å². The maximum atomic E-state index is 6.15. The predicted octanol–water partition coefficient (Wildman–Crippen LogP) is 4.23. The minimum atomic E-state index is 0.487. The number of aryl methyl sites for hydroxylation is 1. The number of rotatable bonds is 2. The van der Waals surface area contributed by atoms with Crippen molar-refractivity contribution in [3.63, 3.8) is 0 Å². The molecule has 18 heavy (non-hydrogen) atoms. The van der Waals surface area contributed by atoms with Crippen LogP contribution in [0.5, 0.6) is 0 Å². The normalized spacial score (nSPS) is 14.6. The van der Waals surface area contributed by atoms with Gasteiger partial charge in [0.1, 0.15) is 0 Å². The molecule has 0 spiro atoms. The average molecular weight is 258 g/mol. The molecule has 1 aliphatic carbocycles. The van der Waals surface area contributed by atoms with Crippen LogP contribution in [0.1, 0.15) is 16.7 Å². The maximum absolute atomic E-state index is 6.15. The largest absolute Gasteiger partial charge is 0.382 e. The van der Waals surface area contributed by atoms with Crippen LogP contribution in [-0.2, 0) is 12.8 Å². The van der Waals surface area contributed by atoms with E-state index in [1.54, 1.807) is 0 Å². The molecule has 0 saturated carbocycles. The van der Waals surface area contributed by atoms with E-state index < -0.39 is 0 Å². The van der Waals surface area contributed by atoms with Gasteiger partial charge in [0, 0.05) is 16.8 Å². The fourth-order valence-corrected chi connectivity index (χ4v) is 2.76. The van der Waals surface area contributed by atoms with E-state index in [2.05, 4.69) is 41.7 Å². The van der Waals surface area contributed by atoms with Gasteiger partial charge in [0.05, 0.1) is 0 Å². The number of nitrogens with one attached hydrogen (secondary N) is 1. The van der Waals surface area contributed by atoms with Gasteiger partial charge in [-0.25, -0.2) is 0 Å². The van der Waals surface area contributed by atoms with E-state index in [-0.39, 0.29) is 0 Å². The van der Waals surface area contributed by atoms with Crippen LogP contribution in [0.2, 0.25) is 5.02 Å². The predicted molar refractivity (Wildman–Crippen MR) is 77.4 cm³/mol. The van der Waals surface area contributed by atoms with Crippen molar-refractivity contribution in [1.82, 2.24) is 0 Å². The minimum absolute atomic E-state index is 0.487. The summed E-state index contributed by atoms with van der Waals surface area (Å²) < 4.78 is 0. The summed E-state index contributed by atoms with van der Waals surface area (Å²) in [6, 6.07) is 15.3. The molecule has 1 N–H and O–H groups in total. The van der Waals surface area contributed by atoms with E-state index in [1.807, 2.05) is 13.0 Å². The molecule has 0 heterocycles. The second-order valence-corrected chi connectivity index (χ2v) is 5.39. The zero-order chi connectivity index (χ0) is 12.5. The highest BCUT2D eigenvalue weighted by atomic mass is 35.5. The first kappa shape index (κ1) is 11.6. The van der Waals surface area contributed by atoms with Crippen molar-refractivity contribution >= 4 is 17.3 Å². The Morgan fingerprint density at radius 1 is 1.06 bits per heavy atom. The van der Waals surface area contributed by atoms with E-state index in [1.165, 1.54) is 11.1 Å². The van der Waals surface area contributed by atoms with Crippen LogP contribution in [0.4, 0.5) is 5.69 Å². The maximum Gasteiger partial charge on any atom is 0.0455 e.